The van der Waals surface area contributed by atoms with Crippen LogP contribution in [0.2, 0.25) is 0 Å². The van der Waals surface area contributed by atoms with E-state index in [0.29, 0.717) is 17.2 Å². The molecule has 0 radical (unpaired) electrons. The summed E-state index contributed by atoms with van der Waals surface area (Å²) in [4.78, 5) is 17.9. The second-order valence-corrected chi connectivity index (χ2v) is 2.64. The summed E-state index contributed by atoms with van der Waals surface area (Å²) in [7, 11) is 0. The fourth-order valence-electron chi connectivity index (χ4n) is 0.664. The van der Waals surface area contributed by atoms with Crippen LogP contribution in [-0.2, 0) is 4.79 Å². The van der Waals surface area contributed by atoms with Crippen LogP contribution < -0.4 is 4.74 Å². The summed E-state index contributed by atoms with van der Waals surface area (Å²) in [5.41, 5.74) is 0. The van der Waals surface area contributed by atoms with Crippen LogP contribution in [0, 0.1) is 0 Å². The summed E-state index contributed by atoms with van der Waals surface area (Å²) in [5, 5.41) is 0.694. The highest BCUT2D eigenvalue weighted by Crippen LogP contribution is 2.20. The van der Waals surface area contributed by atoms with Crippen molar-refractivity contribution in [2.24, 2.45) is 0 Å². The van der Waals surface area contributed by atoms with E-state index in [1.165, 1.54) is 18.0 Å². The number of nitrogens with zero attached hydrogens (tertiary/aromatic N) is 2. The molecule has 0 spiro atoms. The molecule has 1 rings (SSSR count). The molecule has 0 aromatic carbocycles. The van der Waals surface area contributed by atoms with E-state index in [1.54, 1.807) is 6.20 Å². The zero-order valence-electron chi connectivity index (χ0n) is 6.56. The van der Waals surface area contributed by atoms with Gasteiger partial charge in [-0.25, -0.2) is 9.97 Å². The highest BCUT2D eigenvalue weighted by molar-refractivity contribution is 7.98. The first kappa shape index (κ1) is 8.99. The van der Waals surface area contributed by atoms with Crippen LogP contribution in [0.5, 0.6) is 5.88 Å². The Morgan fingerprint density at radius 2 is 2.33 bits per heavy atom. The van der Waals surface area contributed by atoms with Crippen LogP contribution in [0.3, 0.4) is 0 Å². The lowest BCUT2D eigenvalue weighted by Crippen LogP contribution is -2.01. The van der Waals surface area contributed by atoms with Crippen molar-refractivity contribution < 1.29 is 9.53 Å². The Kier molecular flexibility index (Phi) is 3.53. The fraction of sp³-hybridized carbons (Fsp3) is 0.286. The van der Waals surface area contributed by atoms with Crippen molar-refractivity contribution in [3.8, 4) is 5.88 Å². The molecule has 0 aliphatic carbocycles. The molecule has 1 aromatic heterocycles. The quantitative estimate of drug-likeness (QED) is 0.511. The molecule has 1 heterocycles. The van der Waals surface area contributed by atoms with Crippen molar-refractivity contribution in [1.82, 2.24) is 9.97 Å². The van der Waals surface area contributed by atoms with Crippen molar-refractivity contribution in [1.29, 1.82) is 0 Å². The van der Waals surface area contributed by atoms with Gasteiger partial charge in [-0.2, -0.15) is 0 Å². The van der Waals surface area contributed by atoms with Gasteiger partial charge in [-0.15, -0.1) is 11.8 Å². The standard InChI is InChI=1S/C7H8N2O2S/c1-12-7-6(11-5-4-10)8-2-3-9-7/h2-4H,5H2,1H3. The van der Waals surface area contributed by atoms with Gasteiger partial charge in [0.05, 0.1) is 0 Å². The minimum atomic E-state index is 0.0201. The van der Waals surface area contributed by atoms with E-state index in [0.717, 1.165) is 0 Å². The zero-order valence-corrected chi connectivity index (χ0v) is 7.37. The maximum absolute atomic E-state index is 10.00. The van der Waals surface area contributed by atoms with Crippen LogP contribution in [0.4, 0.5) is 0 Å². The van der Waals surface area contributed by atoms with Gasteiger partial charge in [0.25, 0.3) is 0 Å². The average molecular weight is 184 g/mol. The third-order valence-corrected chi connectivity index (χ3v) is 1.78. The number of hydrogen-bond donors (Lipinski definition) is 0. The second kappa shape index (κ2) is 4.71. The molecule has 5 heteroatoms. The fourth-order valence-corrected chi connectivity index (χ4v) is 1.12. The third-order valence-electron chi connectivity index (χ3n) is 1.11. The second-order valence-electron chi connectivity index (χ2n) is 1.85. The Labute approximate surface area is 74.4 Å². The first-order valence-electron chi connectivity index (χ1n) is 3.30. The minimum Gasteiger partial charge on any atom is -0.468 e. The molecule has 0 bridgehead atoms. The topological polar surface area (TPSA) is 52.1 Å². The normalized spacial score (nSPS) is 9.42. The van der Waals surface area contributed by atoms with Crippen molar-refractivity contribution in [3.05, 3.63) is 12.4 Å². The summed E-state index contributed by atoms with van der Waals surface area (Å²) in [5.74, 6) is 0.414. The van der Waals surface area contributed by atoms with Crippen molar-refractivity contribution >= 4 is 18.0 Å². The van der Waals surface area contributed by atoms with E-state index < -0.39 is 0 Å². The molecule has 12 heavy (non-hydrogen) atoms. The van der Waals surface area contributed by atoms with Gasteiger partial charge < -0.3 is 4.74 Å². The van der Waals surface area contributed by atoms with E-state index >= 15 is 0 Å². The SMILES string of the molecule is CSc1nccnc1OCC=O. The van der Waals surface area contributed by atoms with Crippen LogP contribution in [0.15, 0.2) is 17.4 Å². The number of ether oxygens (including phenoxy) is 1. The van der Waals surface area contributed by atoms with Crippen LogP contribution >= 0.6 is 11.8 Å². The summed E-state index contributed by atoms with van der Waals surface area (Å²) in [6.07, 6.45) is 5.66. The van der Waals surface area contributed by atoms with Gasteiger partial charge in [0, 0.05) is 12.4 Å². The first-order valence-corrected chi connectivity index (χ1v) is 4.52. The number of thioether (sulfide) groups is 1. The maximum atomic E-state index is 10.00. The number of carbonyl (C=O) groups is 1. The molecule has 64 valence electrons. The lowest BCUT2D eigenvalue weighted by atomic mass is 10.7. The molecule has 0 saturated heterocycles. The molecule has 0 aliphatic rings. The Hall–Kier alpha value is -1.10. The minimum absolute atomic E-state index is 0.0201. The van der Waals surface area contributed by atoms with Gasteiger partial charge in [-0.1, -0.05) is 0 Å². The Morgan fingerprint density at radius 1 is 1.58 bits per heavy atom. The number of carbonyl (C=O) groups excluding carboxylic acids is 1. The Bertz CT molecular complexity index is 267. The lowest BCUT2D eigenvalue weighted by molar-refractivity contribution is -0.109. The molecule has 0 unspecified atom stereocenters. The van der Waals surface area contributed by atoms with E-state index in [9.17, 15) is 4.79 Å². The van der Waals surface area contributed by atoms with Gasteiger partial charge in [0.2, 0.25) is 5.88 Å². The summed E-state index contributed by atoms with van der Waals surface area (Å²) >= 11 is 1.43. The van der Waals surface area contributed by atoms with Gasteiger partial charge in [0.15, 0.2) is 11.3 Å². The van der Waals surface area contributed by atoms with Crippen molar-refractivity contribution in [3.63, 3.8) is 0 Å². The number of aromatic nitrogens is 2. The van der Waals surface area contributed by atoms with Crippen molar-refractivity contribution in [2.45, 2.75) is 5.03 Å². The monoisotopic (exact) mass is 184 g/mol. The largest absolute Gasteiger partial charge is 0.468 e. The summed E-state index contributed by atoms with van der Waals surface area (Å²) < 4.78 is 5.01. The number of hydrogen-bond acceptors (Lipinski definition) is 5. The molecular weight excluding hydrogens is 176 g/mol. The highest BCUT2D eigenvalue weighted by atomic mass is 32.2. The van der Waals surface area contributed by atoms with Crippen molar-refractivity contribution in [2.75, 3.05) is 12.9 Å². The molecule has 0 saturated carbocycles. The van der Waals surface area contributed by atoms with Gasteiger partial charge in [0.1, 0.15) is 6.61 Å². The van der Waals surface area contributed by atoms with Gasteiger partial charge >= 0.3 is 0 Å². The molecule has 0 N–H and O–H groups in total. The molecule has 0 fully saturated rings. The number of aldehydes is 1. The molecular formula is C7H8N2O2S. The van der Waals surface area contributed by atoms with Gasteiger partial charge in [-0.05, 0) is 6.26 Å². The van der Waals surface area contributed by atoms with E-state index in [-0.39, 0.29) is 6.61 Å². The van der Waals surface area contributed by atoms with E-state index in [1.807, 2.05) is 6.26 Å². The average Bonchev–Trinajstić information content (AvgIpc) is 2.15. The smallest absolute Gasteiger partial charge is 0.247 e. The maximum Gasteiger partial charge on any atom is 0.247 e. The molecule has 1 aromatic rings. The third kappa shape index (κ3) is 2.20. The Balaban J connectivity index is 2.74. The van der Waals surface area contributed by atoms with Crippen LogP contribution in [0.1, 0.15) is 0 Å². The summed E-state index contributed by atoms with van der Waals surface area (Å²) in [6, 6.07) is 0. The predicted molar refractivity (Wildman–Crippen MR) is 45.4 cm³/mol. The summed E-state index contributed by atoms with van der Waals surface area (Å²) in [6.45, 7) is 0.0201. The van der Waals surface area contributed by atoms with Gasteiger partial charge in [-0.3, -0.25) is 4.79 Å². The van der Waals surface area contributed by atoms with E-state index in [2.05, 4.69) is 9.97 Å². The number of rotatable bonds is 4. The van der Waals surface area contributed by atoms with Crippen LogP contribution in [0.25, 0.3) is 0 Å². The molecule has 4 nitrogen and oxygen atoms in total. The molecule has 0 atom stereocenters. The predicted octanol–water partition coefficient (Wildman–Crippen LogP) is 0.776. The lowest BCUT2D eigenvalue weighted by Gasteiger charge is -2.03. The van der Waals surface area contributed by atoms with Crippen LogP contribution in [-0.4, -0.2) is 29.1 Å². The Morgan fingerprint density at radius 3 is 3.00 bits per heavy atom. The molecule has 0 aliphatic heterocycles. The molecule has 0 amide bonds. The first-order chi connectivity index (χ1) is 5.88. The zero-order chi connectivity index (χ0) is 8.81. The van der Waals surface area contributed by atoms with E-state index in [4.69, 9.17) is 4.74 Å². The highest BCUT2D eigenvalue weighted by Gasteiger charge is 2.03.